The van der Waals surface area contributed by atoms with Crippen LogP contribution in [0.1, 0.15) is 31.7 Å². The van der Waals surface area contributed by atoms with Crippen molar-refractivity contribution >= 4 is 17.3 Å². The fourth-order valence-electron chi connectivity index (χ4n) is 1.29. The van der Waals surface area contributed by atoms with Gasteiger partial charge < -0.3 is 4.74 Å². The Balaban J connectivity index is 2.17. The Bertz CT molecular complexity index is 282. The third-order valence-electron chi connectivity index (χ3n) is 2.22. The molecule has 1 aromatic rings. The second-order valence-corrected chi connectivity index (χ2v) is 4.01. The fourth-order valence-corrected chi connectivity index (χ4v) is 1.48. The van der Waals surface area contributed by atoms with E-state index in [9.17, 15) is 0 Å². The quantitative estimate of drug-likeness (QED) is 0.535. The topological polar surface area (TPSA) is 9.23 Å². The van der Waals surface area contributed by atoms with Crippen LogP contribution in [-0.2, 0) is 11.2 Å². The van der Waals surface area contributed by atoms with Crippen LogP contribution in [0.5, 0.6) is 0 Å². The van der Waals surface area contributed by atoms with Crippen molar-refractivity contribution in [2.24, 2.45) is 0 Å². The lowest BCUT2D eigenvalue weighted by Gasteiger charge is -2.06. The monoisotopic (exact) mass is 222 g/mol. The van der Waals surface area contributed by atoms with Crippen LogP contribution in [-0.4, -0.2) is 11.7 Å². The van der Waals surface area contributed by atoms with E-state index in [-0.39, 0.29) is 0 Å². The molecular weight excluding hydrogens is 204 g/mol. The van der Waals surface area contributed by atoms with E-state index < -0.39 is 0 Å². The summed E-state index contributed by atoms with van der Waals surface area (Å²) in [5, 5.41) is 0.743. The molecule has 0 aliphatic rings. The Hall–Kier alpha value is -0.890. The van der Waals surface area contributed by atoms with Crippen LogP contribution in [0.3, 0.4) is 0 Å². The molecule has 1 nitrogen and oxygen atoms in total. The van der Waals surface area contributed by atoms with Gasteiger partial charge in [-0.25, -0.2) is 0 Å². The van der Waals surface area contributed by atoms with Crippen molar-refractivity contribution in [1.29, 1.82) is 0 Å². The molecule has 0 aromatic heterocycles. The lowest BCUT2D eigenvalue weighted by atomic mass is 10.1. The summed E-state index contributed by atoms with van der Waals surface area (Å²) in [7, 11) is 0. The van der Waals surface area contributed by atoms with Crippen LogP contribution in [0.2, 0.25) is 0 Å². The second kappa shape index (κ2) is 7.41. The Kier molecular flexibility index (Phi) is 6.02. The molecule has 0 N–H and O–H groups in total. The van der Waals surface area contributed by atoms with Gasteiger partial charge in [0.25, 0.3) is 0 Å². The van der Waals surface area contributed by atoms with Crippen LogP contribution < -0.4 is 0 Å². The molecule has 1 aromatic carbocycles. The highest BCUT2D eigenvalue weighted by Crippen LogP contribution is 2.04. The normalized spacial score (nSPS) is 9.93. The highest BCUT2D eigenvalue weighted by molar-refractivity contribution is 7.80. The van der Waals surface area contributed by atoms with E-state index in [1.807, 2.05) is 6.07 Å². The van der Waals surface area contributed by atoms with Crippen LogP contribution in [0.4, 0.5) is 0 Å². The van der Waals surface area contributed by atoms with Gasteiger partial charge in [0.2, 0.25) is 0 Å². The van der Waals surface area contributed by atoms with Crippen molar-refractivity contribution in [1.82, 2.24) is 0 Å². The van der Waals surface area contributed by atoms with Gasteiger partial charge >= 0.3 is 0 Å². The van der Waals surface area contributed by atoms with Crippen molar-refractivity contribution < 1.29 is 4.74 Å². The smallest absolute Gasteiger partial charge is 0.159 e. The average molecular weight is 222 g/mol. The summed E-state index contributed by atoms with van der Waals surface area (Å²) in [5.74, 6) is 0. The summed E-state index contributed by atoms with van der Waals surface area (Å²) >= 11 is 5.14. The summed E-state index contributed by atoms with van der Waals surface area (Å²) < 4.78 is 5.44. The molecule has 0 aliphatic heterocycles. The Morgan fingerprint density at radius 2 is 2.00 bits per heavy atom. The van der Waals surface area contributed by atoms with Crippen molar-refractivity contribution in [3.8, 4) is 0 Å². The van der Waals surface area contributed by atoms with E-state index >= 15 is 0 Å². The molecule has 1 rings (SSSR count). The highest BCUT2D eigenvalue weighted by Gasteiger charge is 1.98. The number of hydrogen-bond donors (Lipinski definition) is 0. The van der Waals surface area contributed by atoms with Gasteiger partial charge in [0, 0.05) is 6.42 Å². The zero-order valence-electron chi connectivity index (χ0n) is 9.24. The third kappa shape index (κ3) is 5.53. The molecule has 0 spiro atoms. The number of hydrogen-bond acceptors (Lipinski definition) is 2. The van der Waals surface area contributed by atoms with Gasteiger partial charge in [0.05, 0.1) is 6.61 Å². The maximum atomic E-state index is 5.44. The third-order valence-corrected chi connectivity index (χ3v) is 2.54. The molecule has 0 radical (unpaired) electrons. The molecule has 0 saturated carbocycles. The van der Waals surface area contributed by atoms with E-state index in [2.05, 4.69) is 31.2 Å². The van der Waals surface area contributed by atoms with Crippen LogP contribution in [0.15, 0.2) is 30.3 Å². The summed E-state index contributed by atoms with van der Waals surface area (Å²) in [6, 6.07) is 10.4. The summed E-state index contributed by atoms with van der Waals surface area (Å²) in [6.45, 7) is 2.92. The largest absolute Gasteiger partial charge is 0.487 e. The summed E-state index contributed by atoms with van der Waals surface area (Å²) in [6.07, 6.45) is 4.07. The molecule has 0 heterocycles. The average Bonchev–Trinajstić information content (AvgIpc) is 2.28. The molecule has 82 valence electrons. The van der Waals surface area contributed by atoms with Gasteiger partial charge in [-0.2, -0.15) is 0 Å². The Labute approximate surface area is 97.5 Å². The summed E-state index contributed by atoms with van der Waals surface area (Å²) in [5.41, 5.74) is 1.32. The van der Waals surface area contributed by atoms with E-state index in [0.717, 1.165) is 37.3 Å². The number of benzene rings is 1. The van der Waals surface area contributed by atoms with Gasteiger partial charge in [0.1, 0.15) is 0 Å². The fraction of sp³-hybridized carbons (Fsp3) is 0.462. The van der Waals surface area contributed by atoms with E-state index in [4.69, 9.17) is 17.0 Å². The SMILES string of the molecule is CCCCOC(=S)CCc1ccccc1. The Morgan fingerprint density at radius 3 is 2.67 bits per heavy atom. The first kappa shape index (κ1) is 12.2. The predicted octanol–water partition coefficient (Wildman–Crippen LogP) is 3.76. The number of aryl methyl sites for hydroxylation is 1. The van der Waals surface area contributed by atoms with Gasteiger partial charge in [0.15, 0.2) is 5.05 Å². The van der Waals surface area contributed by atoms with E-state index in [0.29, 0.717) is 0 Å². The minimum Gasteiger partial charge on any atom is -0.487 e. The number of ether oxygens (including phenoxy) is 1. The van der Waals surface area contributed by atoms with Crippen LogP contribution in [0, 0.1) is 0 Å². The maximum Gasteiger partial charge on any atom is 0.159 e. The molecule has 0 atom stereocenters. The predicted molar refractivity (Wildman–Crippen MR) is 68.2 cm³/mol. The number of unbranched alkanes of at least 4 members (excludes halogenated alkanes) is 1. The van der Waals surface area contributed by atoms with Gasteiger partial charge in [-0.1, -0.05) is 43.7 Å². The van der Waals surface area contributed by atoms with Crippen molar-refractivity contribution in [2.45, 2.75) is 32.6 Å². The lowest BCUT2D eigenvalue weighted by Crippen LogP contribution is -2.04. The molecule has 2 heteroatoms. The van der Waals surface area contributed by atoms with Crippen molar-refractivity contribution in [3.05, 3.63) is 35.9 Å². The van der Waals surface area contributed by atoms with Crippen LogP contribution >= 0.6 is 12.2 Å². The van der Waals surface area contributed by atoms with E-state index in [1.165, 1.54) is 5.56 Å². The van der Waals surface area contributed by atoms with Crippen molar-refractivity contribution in [3.63, 3.8) is 0 Å². The minimum atomic E-state index is 0.743. The molecule has 0 amide bonds. The standard InChI is InChI=1S/C13H18OS/c1-2-3-11-14-13(15)10-9-12-7-5-4-6-8-12/h4-8H,2-3,9-11H2,1H3. The zero-order chi connectivity index (χ0) is 10.9. The minimum absolute atomic E-state index is 0.743. The number of thiocarbonyl (C=S) groups is 1. The second-order valence-electron chi connectivity index (χ2n) is 3.56. The van der Waals surface area contributed by atoms with Crippen molar-refractivity contribution in [2.75, 3.05) is 6.61 Å². The maximum absolute atomic E-state index is 5.44. The van der Waals surface area contributed by atoms with E-state index in [1.54, 1.807) is 0 Å². The summed E-state index contributed by atoms with van der Waals surface area (Å²) in [4.78, 5) is 0. The van der Waals surface area contributed by atoms with Gasteiger partial charge in [-0.15, -0.1) is 0 Å². The molecule has 15 heavy (non-hydrogen) atoms. The van der Waals surface area contributed by atoms with Gasteiger partial charge in [-0.3, -0.25) is 0 Å². The first-order valence-electron chi connectivity index (χ1n) is 5.52. The molecule has 0 saturated heterocycles. The molecule has 0 aliphatic carbocycles. The molecule has 0 bridgehead atoms. The molecule has 0 unspecified atom stereocenters. The van der Waals surface area contributed by atoms with Crippen LogP contribution in [0.25, 0.3) is 0 Å². The Morgan fingerprint density at radius 1 is 1.27 bits per heavy atom. The first-order chi connectivity index (χ1) is 7.33. The van der Waals surface area contributed by atoms with Gasteiger partial charge in [-0.05, 0) is 30.6 Å². The zero-order valence-corrected chi connectivity index (χ0v) is 10.1. The first-order valence-corrected chi connectivity index (χ1v) is 5.93. The molecule has 0 fully saturated rings. The lowest BCUT2D eigenvalue weighted by molar-refractivity contribution is 0.296. The highest BCUT2D eigenvalue weighted by atomic mass is 32.1. The number of rotatable bonds is 6. The molecular formula is C13H18OS.